The Hall–Kier alpha value is -16.0. The van der Waals surface area contributed by atoms with Crippen LogP contribution in [0.4, 0.5) is 17.1 Å². The van der Waals surface area contributed by atoms with Crippen molar-refractivity contribution < 1.29 is 43.0 Å². The SMILES string of the molecule is O=C(Oc1cc(OC(=O)c2ccc(-c3ccc4ccccc4n3)cc2)cc(OC(=O)c2ccc(-c3ccc4cc(-c5cccc6c5ccc5c(Cl)c(C(=O)Nc7cc(NC(=O)c8cnc9c(ccc%10ccccc%109)c8Cl)cc(NC(=O)c8cnc9c(ccc%10ccccc%109)c8Cl)c7)cnc56)ccc4n3)cc2)c1)c1ccc(-c2ccc3ccccc3n2)cc1. The first-order valence-corrected chi connectivity index (χ1v) is 40.0. The standard InChI is InChI=1S/C102H58Cl3N9O9/c103-91-79-38-32-56-10-1-5-14-75(56)94(79)106-53-82(91)97(115)109-68-47-69(110-98(116)83-54-107-95-76-15-6-2-11-57(76)33-39-80(95)92(83)104)49-70(48-68)111-99(117)84-55-108-96-78-17-9-16-74(77(78)40-41-81(96)93(84)105)66-36-44-90-67(46-66)37-45-89(114-90)62-24-30-65(31-25-62)102(120)123-73-51-71(121-100(118)63-26-20-60(21-27-63)87-42-34-58-12-3-7-18-85(58)112-87)50-72(52-73)122-101(119)64-28-22-61(23-29-64)88-43-35-59-13-4-8-19-86(59)113-88/h1-55H,(H,109,115)(H,110,116)(H,111,117). The monoisotopic (exact) mass is 1660 g/mol. The van der Waals surface area contributed by atoms with Crippen LogP contribution in [0.1, 0.15) is 62.1 Å². The number of amides is 3. The smallest absolute Gasteiger partial charge is 0.343 e. The summed E-state index contributed by atoms with van der Waals surface area (Å²) in [6.45, 7) is 0. The number of rotatable bonds is 16. The average molecular weight is 1660 g/mol. The molecule has 0 spiro atoms. The Bertz CT molecular complexity index is 7580. The third kappa shape index (κ3) is 14.8. The van der Waals surface area contributed by atoms with E-state index in [1.807, 2.05) is 200 Å². The summed E-state index contributed by atoms with van der Waals surface area (Å²) in [4.78, 5) is 114. The number of carbonyl (C=O) groups excluding carboxylic acids is 6. The predicted molar refractivity (Wildman–Crippen MR) is 485 cm³/mol. The van der Waals surface area contributed by atoms with Crippen LogP contribution in [0.2, 0.25) is 15.1 Å². The molecule has 0 aliphatic heterocycles. The first-order valence-electron chi connectivity index (χ1n) is 38.9. The second-order valence-corrected chi connectivity index (χ2v) is 30.4. The van der Waals surface area contributed by atoms with Crippen LogP contribution in [-0.4, -0.2) is 65.5 Å². The van der Waals surface area contributed by atoms with Crippen LogP contribution in [0.3, 0.4) is 0 Å². The number of para-hydroxylation sites is 2. The molecule has 3 N–H and O–H groups in total. The average Bonchev–Trinajstić information content (AvgIpc) is 0.755. The summed E-state index contributed by atoms with van der Waals surface area (Å²) in [5, 5.41) is 19.0. The second-order valence-electron chi connectivity index (χ2n) is 29.3. The van der Waals surface area contributed by atoms with Gasteiger partial charge in [-0.3, -0.25) is 29.3 Å². The van der Waals surface area contributed by atoms with E-state index in [0.717, 1.165) is 93.2 Å². The van der Waals surface area contributed by atoms with Crippen molar-refractivity contribution >= 4 is 185 Å². The fourth-order valence-electron chi connectivity index (χ4n) is 15.4. The van der Waals surface area contributed by atoms with Crippen LogP contribution in [-0.2, 0) is 0 Å². The van der Waals surface area contributed by atoms with E-state index in [2.05, 4.69) is 32.0 Å². The Balaban J connectivity index is 0.534. The van der Waals surface area contributed by atoms with E-state index in [9.17, 15) is 28.8 Å². The minimum absolute atomic E-state index is 0.0461. The van der Waals surface area contributed by atoms with Crippen LogP contribution >= 0.6 is 34.8 Å². The van der Waals surface area contributed by atoms with Gasteiger partial charge in [0.05, 0.1) is 98.6 Å². The van der Waals surface area contributed by atoms with Crippen LogP contribution in [0, 0.1) is 0 Å². The molecule has 123 heavy (non-hydrogen) atoms. The maximum absolute atomic E-state index is 14.6. The molecule has 0 radical (unpaired) electrons. The Morgan fingerprint density at radius 3 is 1.00 bits per heavy atom. The highest BCUT2D eigenvalue weighted by atomic mass is 35.5. The van der Waals surface area contributed by atoms with E-state index in [4.69, 9.17) is 68.9 Å². The van der Waals surface area contributed by atoms with Gasteiger partial charge in [0, 0.05) is 119 Å². The maximum atomic E-state index is 14.6. The first kappa shape index (κ1) is 75.7. The fraction of sp³-hybridized carbons (Fsp3) is 0. The highest BCUT2D eigenvalue weighted by Gasteiger charge is 2.25. The Labute approximate surface area is 714 Å². The van der Waals surface area contributed by atoms with Crippen LogP contribution in [0.5, 0.6) is 17.2 Å². The first-order chi connectivity index (χ1) is 60.1. The number of aromatic nitrogens is 6. The Morgan fingerprint density at radius 2 is 0.585 bits per heavy atom. The molecule has 20 rings (SSSR count). The number of ether oxygens (including phenoxy) is 3. The van der Waals surface area contributed by atoms with E-state index < -0.39 is 35.6 Å². The van der Waals surface area contributed by atoms with Gasteiger partial charge in [-0.05, 0) is 124 Å². The van der Waals surface area contributed by atoms with E-state index in [0.29, 0.717) is 49.5 Å². The van der Waals surface area contributed by atoms with Crippen molar-refractivity contribution in [2.24, 2.45) is 0 Å². The molecule has 21 heteroatoms. The molecule has 20 aromatic rings. The Morgan fingerprint density at radius 1 is 0.260 bits per heavy atom. The van der Waals surface area contributed by atoms with Gasteiger partial charge in [-0.15, -0.1) is 0 Å². The summed E-state index contributed by atoms with van der Waals surface area (Å²) in [6.07, 6.45) is 4.24. The molecule has 6 heterocycles. The molecule has 0 fully saturated rings. The fourth-order valence-corrected chi connectivity index (χ4v) is 16.3. The summed E-state index contributed by atoms with van der Waals surface area (Å²) in [5.74, 6) is -4.23. The molecular formula is C102H58Cl3N9O9. The molecular weight excluding hydrogens is 1600 g/mol. The van der Waals surface area contributed by atoms with Gasteiger partial charge in [-0.1, -0.05) is 235 Å². The van der Waals surface area contributed by atoms with E-state index in [1.165, 1.54) is 55.0 Å². The third-order valence-electron chi connectivity index (χ3n) is 21.6. The van der Waals surface area contributed by atoms with Crippen molar-refractivity contribution in [1.82, 2.24) is 29.9 Å². The van der Waals surface area contributed by atoms with Gasteiger partial charge in [0.15, 0.2) is 0 Å². The zero-order valence-corrected chi connectivity index (χ0v) is 66.5. The number of nitrogens with zero attached hydrogens (tertiary/aromatic N) is 6. The number of halogens is 3. The van der Waals surface area contributed by atoms with Gasteiger partial charge < -0.3 is 30.2 Å². The topological polar surface area (TPSA) is 244 Å². The minimum Gasteiger partial charge on any atom is -0.423 e. The van der Waals surface area contributed by atoms with Crippen molar-refractivity contribution in [2.45, 2.75) is 0 Å². The molecule has 0 unspecified atom stereocenters. The molecule has 0 saturated heterocycles. The van der Waals surface area contributed by atoms with Crippen LogP contribution in [0.15, 0.2) is 334 Å². The van der Waals surface area contributed by atoms with Crippen LogP contribution < -0.4 is 30.2 Å². The largest absolute Gasteiger partial charge is 0.423 e. The van der Waals surface area contributed by atoms with Gasteiger partial charge in [0.1, 0.15) is 17.2 Å². The summed E-state index contributed by atoms with van der Waals surface area (Å²) < 4.78 is 17.8. The number of hydrogen-bond acceptors (Lipinski definition) is 15. The molecule has 6 aromatic heterocycles. The lowest BCUT2D eigenvalue weighted by molar-refractivity contribution is 0.0728. The van der Waals surface area contributed by atoms with Gasteiger partial charge in [-0.25, -0.2) is 29.3 Å². The highest BCUT2D eigenvalue weighted by molar-refractivity contribution is 6.41. The molecule has 18 nitrogen and oxygen atoms in total. The zero-order chi connectivity index (χ0) is 83.5. The number of benzene rings is 14. The Kier molecular flexibility index (Phi) is 19.5. The van der Waals surface area contributed by atoms with E-state index in [-0.39, 0.29) is 82.8 Å². The van der Waals surface area contributed by atoms with E-state index in [1.54, 1.807) is 72.8 Å². The molecule has 14 aromatic carbocycles. The minimum atomic E-state index is -0.747. The maximum Gasteiger partial charge on any atom is 0.343 e. The summed E-state index contributed by atoms with van der Waals surface area (Å²) in [7, 11) is 0. The number of esters is 3. The van der Waals surface area contributed by atoms with Crippen LogP contribution in [0.25, 0.3) is 143 Å². The summed E-state index contributed by atoms with van der Waals surface area (Å²) >= 11 is 21.2. The lowest BCUT2D eigenvalue weighted by Gasteiger charge is -2.15. The molecule has 0 aliphatic rings. The van der Waals surface area contributed by atoms with Gasteiger partial charge >= 0.3 is 17.9 Å². The quantitative estimate of drug-likeness (QED) is 0.0463. The number of hydrogen-bond donors (Lipinski definition) is 3. The zero-order valence-electron chi connectivity index (χ0n) is 64.2. The highest BCUT2D eigenvalue weighted by Crippen LogP contribution is 2.41. The lowest BCUT2D eigenvalue weighted by Crippen LogP contribution is -2.17. The molecule has 0 aliphatic carbocycles. The number of fused-ring (bicyclic) bond motifs is 12. The van der Waals surface area contributed by atoms with Crippen molar-refractivity contribution in [3.05, 3.63) is 382 Å². The summed E-state index contributed by atoms with van der Waals surface area (Å²) in [5.41, 5.74) is 11.7. The van der Waals surface area contributed by atoms with Crippen molar-refractivity contribution in [2.75, 3.05) is 16.0 Å². The number of nitrogens with one attached hydrogen (secondary N) is 3. The number of anilines is 3. The van der Waals surface area contributed by atoms with Gasteiger partial charge in [0.2, 0.25) is 0 Å². The second kappa shape index (κ2) is 31.7. The molecule has 586 valence electrons. The third-order valence-corrected chi connectivity index (χ3v) is 22.8. The van der Waals surface area contributed by atoms with Gasteiger partial charge in [-0.2, -0.15) is 0 Å². The summed E-state index contributed by atoms with van der Waals surface area (Å²) in [6, 6.07) is 95.0. The normalized spacial score (nSPS) is 11.4. The van der Waals surface area contributed by atoms with Gasteiger partial charge in [0.25, 0.3) is 17.7 Å². The van der Waals surface area contributed by atoms with Crippen molar-refractivity contribution in [3.8, 4) is 62.1 Å². The van der Waals surface area contributed by atoms with Crippen molar-refractivity contribution in [1.29, 1.82) is 0 Å². The number of carbonyl (C=O) groups is 6. The molecule has 3 amide bonds. The predicted octanol–water partition coefficient (Wildman–Crippen LogP) is 24.5. The lowest BCUT2D eigenvalue weighted by atomic mass is 9.95. The van der Waals surface area contributed by atoms with Crippen molar-refractivity contribution in [3.63, 3.8) is 0 Å². The van der Waals surface area contributed by atoms with E-state index >= 15 is 0 Å². The molecule has 0 saturated carbocycles. The molecule has 0 bridgehead atoms. The molecule has 0 atom stereocenters. The number of pyridine rings is 6.